The molecule has 1 atom stereocenters. The molecule has 1 N–H and O–H groups in total. The highest BCUT2D eigenvalue weighted by Gasteiger charge is 2.16. The molecule has 4 nitrogen and oxygen atoms in total. The fourth-order valence-electron chi connectivity index (χ4n) is 2.61. The summed E-state index contributed by atoms with van der Waals surface area (Å²) in [5.41, 5.74) is 2.02. The lowest BCUT2D eigenvalue weighted by Gasteiger charge is -2.25. The van der Waals surface area contributed by atoms with Gasteiger partial charge in [-0.05, 0) is 31.1 Å². The van der Waals surface area contributed by atoms with Crippen molar-refractivity contribution >= 4 is 28.6 Å². The minimum atomic E-state index is 0.00538. The normalized spacial score (nSPS) is 12.3. The van der Waals surface area contributed by atoms with Gasteiger partial charge in [0.15, 0.2) is 0 Å². The lowest BCUT2D eigenvalue weighted by Crippen LogP contribution is -2.35. The third-order valence-corrected chi connectivity index (χ3v) is 5.86. The Morgan fingerprint density at radius 3 is 2.64 bits per heavy atom. The van der Waals surface area contributed by atoms with E-state index in [0.717, 1.165) is 15.6 Å². The summed E-state index contributed by atoms with van der Waals surface area (Å²) in [5.74, 6) is 0.00538. The van der Waals surface area contributed by atoms with Crippen LogP contribution in [0.4, 0.5) is 0 Å². The number of hydrogen-bond donors (Lipinski definition) is 1. The van der Waals surface area contributed by atoms with Crippen molar-refractivity contribution in [2.24, 2.45) is 0 Å². The van der Waals surface area contributed by atoms with E-state index in [9.17, 15) is 4.79 Å². The zero-order valence-electron chi connectivity index (χ0n) is 14.3. The topological polar surface area (TPSA) is 45.2 Å². The molecule has 3 aromatic rings. The monoisotopic (exact) mass is 371 g/mol. The lowest BCUT2D eigenvalue weighted by atomic mass is 10.1. The predicted octanol–water partition coefficient (Wildman–Crippen LogP) is 3.83. The SMILES string of the molecule is CN(C)C(CNC(=O)Cc1csc(-c2cccs2)n1)c1ccccc1. The molecule has 2 aromatic heterocycles. The fourth-order valence-corrected chi connectivity index (χ4v) is 4.25. The van der Waals surface area contributed by atoms with Crippen molar-refractivity contribution in [1.29, 1.82) is 0 Å². The number of thiazole rings is 1. The van der Waals surface area contributed by atoms with E-state index in [4.69, 9.17) is 0 Å². The molecule has 1 amide bonds. The largest absolute Gasteiger partial charge is 0.354 e. The maximum Gasteiger partial charge on any atom is 0.226 e. The average molecular weight is 372 g/mol. The molecule has 25 heavy (non-hydrogen) atoms. The first-order chi connectivity index (χ1) is 12.1. The highest BCUT2D eigenvalue weighted by Crippen LogP contribution is 2.27. The van der Waals surface area contributed by atoms with Crippen LogP contribution in [0.15, 0.2) is 53.2 Å². The van der Waals surface area contributed by atoms with Gasteiger partial charge in [0.05, 0.1) is 23.0 Å². The number of aromatic nitrogens is 1. The van der Waals surface area contributed by atoms with Gasteiger partial charge in [-0.15, -0.1) is 22.7 Å². The molecule has 0 radical (unpaired) electrons. The molecule has 0 bridgehead atoms. The zero-order chi connectivity index (χ0) is 17.6. The Labute approximate surface area is 156 Å². The lowest BCUT2D eigenvalue weighted by molar-refractivity contribution is -0.120. The molecule has 1 unspecified atom stereocenters. The number of amides is 1. The summed E-state index contributed by atoms with van der Waals surface area (Å²) in [7, 11) is 4.05. The van der Waals surface area contributed by atoms with Crippen LogP contribution in [-0.4, -0.2) is 36.4 Å². The third-order valence-electron chi connectivity index (χ3n) is 3.93. The van der Waals surface area contributed by atoms with E-state index in [0.29, 0.717) is 13.0 Å². The van der Waals surface area contributed by atoms with Crippen LogP contribution in [0.5, 0.6) is 0 Å². The van der Waals surface area contributed by atoms with Gasteiger partial charge in [0.25, 0.3) is 0 Å². The molecule has 0 aliphatic heterocycles. The minimum absolute atomic E-state index is 0.00538. The van der Waals surface area contributed by atoms with Crippen molar-refractivity contribution in [2.75, 3.05) is 20.6 Å². The molecule has 0 spiro atoms. The molecule has 0 aliphatic rings. The van der Waals surface area contributed by atoms with E-state index in [1.54, 1.807) is 22.7 Å². The zero-order valence-corrected chi connectivity index (χ0v) is 15.9. The molecule has 0 fully saturated rings. The first-order valence-corrected chi connectivity index (χ1v) is 9.86. The Morgan fingerprint density at radius 2 is 1.96 bits per heavy atom. The van der Waals surface area contributed by atoms with Gasteiger partial charge >= 0.3 is 0 Å². The van der Waals surface area contributed by atoms with Crippen molar-refractivity contribution in [3.8, 4) is 9.88 Å². The van der Waals surface area contributed by atoms with Gasteiger partial charge in [-0.3, -0.25) is 4.79 Å². The second-order valence-corrected chi connectivity index (χ2v) is 7.80. The number of carbonyl (C=O) groups is 1. The van der Waals surface area contributed by atoms with Crippen LogP contribution in [0.3, 0.4) is 0 Å². The molecule has 130 valence electrons. The summed E-state index contributed by atoms with van der Waals surface area (Å²) in [6.07, 6.45) is 0.316. The van der Waals surface area contributed by atoms with Crippen LogP contribution in [-0.2, 0) is 11.2 Å². The Balaban J connectivity index is 1.57. The van der Waals surface area contributed by atoms with Gasteiger partial charge in [-0.25, -0.2) is 4.98 Å². The summed E-state index contributed by atoms with van der Waals surface area (Å²) >= 11 is 3.25. The molecule has 2 heterocycles. The third kappa shape index (κ3) is 4.75. The number of nitrogens with zero attached hydrogens (tertiary/aromatic N) is 2. The quantitative estimate of drug-likeness (QED) is 0.686. The van der Waals surface area contributed by atoms with Gasteiger partial charge in [0.2, 0.25) is 5.91 Å². The second-order valence-electron chi connectivity index (χ2n) is 5.99. The van der Waals surface area contributed by atoms with Crippen LogP contribution in [0, 0.1) is 0 Å². The highest BCUT2D eigenvalue weighted by atomic mass is 32.1. The summed E-state index contributed by atoms with van der Waals surface area (Å²) in [5, 5.41) is 8.02. The predicted molar refractivity (Wildman–Crippen MR) is 105 cm³/mol. The van der Waals surface area contributed by atoms with Crippen molar-refractivity contribution in [3.63, 3.8) is 0 Å². The van der Waals surface area contributed by atoms with Crippen LogP contribution in [0.1, 0.15) is 17.3 Å². The number of hydrogen-bond acceptors (Lipinski definition) is 5. The van der Waals surface area contributed by atoms with Gasteiger partial charge in [-0.2, -0.15) is 0 Å². The van der Waals surface area contributed by atoms with Crippen molar-refractivity contribution < 1.29 is 4.79 Å². The van der Waals surface area contributed by atoms with Crippen molar-refractivity contribution in [3.05, 3.63) is 64.5 Å². The Hall–Kier alpha value is -2.02. The molecule has 3 rings (SSSR count). The fraction of sp³-hybridized carbons (Fsp3) is 0.263. The average Bonchev–Trinajstić information content (AvgIpc) is 3.27. The summed E-state index contributed by atoms with van der Waals surface area (Å²) in [4.78, 5) is 20.1. The molecule has 1 aromatic carbocycles. The molecule has 0 saturated heterocycles. The number of carbonyl (C=O) groups excluding carboxylic acids is 1. The van der Waals surface area contributed by atoms with Gasteiger partial charge < -0.3 is 10.2 Å². The molecule has 6 heteroatoms. The maximum absolute atomic E-state index is 12.3. The number of thiophene rings is 1. The van der Waals surface area contributed by atoms with E-state index in [-0.39, 0.29) is 11.9 Å². The Morgan fingerprint density at radius 1 is 1.16 bits per heavy atom. The second kappa shape index (κ2) is 8.38. The number of rotatable bonds is 7. The Kier molecular flexibility index (Phi) is 5.96. The van der Waals surface area contributed by atoms with Crippen LogP contribution in [0.2, 0.25) is 0 Å². The first kappa shape index (κ1) is 17.8. The Bertz CT molecular complexity index is 797. The minimum Gasteiger partial charge on any atom is -0.354 e. The molecular weight excluding hydrogens is 350 g/mol. The smallest absolute Gasteiger partial charge is 0.226 e. The van der Waals surface area contributed by atoms with Crippen molar-refractivity contribution in [1.82, 2.24) is 15.2 Å². The molecule has 0 aliphatic carbocycles. The molecule has 0 saturated carbocycles. The standard InChI is InChI=1S/C19H21N3OS2/c1-22(2)16(14-7-4-3-5-8-14)12-20-18(23)11-15-13-25-19(21-15)17-9-6-10-24-17/h3-10,13,16H,11-12H2,1-2H3,(H,20,23). The van der Waals surface area contributed by atoms with E-state index >= 15 is 0 Å². The highest BCUT2D eigenvalue weighted by molar-refractivity contribution is 7.20. The van der Waals surface area contributed by atoms with E-state index in [2.05, 4.69) is 33.4 Å². The summed E-state index contributed by atoms with van der Waals surface area (Å²) < 4.78 is 0. The van der Waals surface area contributed by atoms with E-state index < -0.39 is 0 Å². The molecular formula is C19H21N3OS2. The van der Waals surface area contributed by atoms with Gasteiger partial charge in [0.1, 0.15) is 5.01 Å². The first-order valence-electron chi connectivity index (χ1n) is 8.10. The van der Waals surface area contributed by atoms with Crippen molar-refractivity contribution in [2.45, 2.75) is 12.5 Å². The van der Waals surface area contributed by atoms with E-state index in [1.807, 2.05) is 49.1 Å². The van der Waals surface area contributed by atoms with E-state index in [1.165, 1.54) is 5.56 Å². The number of nitrogens with one attached hydrogen (secondary N) is 1. The number of benzene rings is 1. The summed E-state index contributed by atoms with van der Waals surface area (Å²) in [6.45, 7) is 0.581. The number of likely N-dealkylation sites (N-methyl/N-ethyl adjacent to an activating group) is 1. The maximum atomic E-state index is 12.3. The van der Waals surface area contributed by atoms with Gasteiger partial charge in [-0.1, -0.05) is 36.4 Å². The van der Waals surface area contributed by atoms with Crippen LogP contribution in [0.25, 0.3) is 9.88 Å². The van der Waals surface area contributed by atoms with Crippen LogP contribution >= 0.6 is 22.7 Å². The van der Waals surface area contributed by atoms with Gasteiger partial charge in [0, 0.05) is 11.9 Å². The van der Waals surface area contributed by atoms with Crippen LogP contribution < -0.4 is 5.32 Å². The summed E-state index contributed by atoms with van der Waals surface area (Å²) in [6, 6.07) is 14.4.